The number of hydrogen-bond donors (Lipinski definition) is 1. The quantitative estimate of drug-likeness (QED) is 0.661. The van der Waals surface area contributed by atoms with Gasteiger partial charge in [-0.25, -0.2) is 0 Å². The average Bonchev–Trinajstić information content (AvgIpc) is 2.37. The van der Waals surface area contributed by atoms with Gasteiger partial charge in [-0.1, -0.05) is 43.7 Å². The number of rotatable bonds is 9. The smallest absolute Gasteiger partial charge is 0.0104 e. The first-order chi connectivity index (χ1) is 8.33. The highest BCUT2D eigenvalue weighted by molar-refractivity contribution is 5.14. The molecule has 0 spiro atoms. The lowest BCUT2D eigenvalue weighted by molar-refractivity contribution is 0.335. The van der Waals surface area contributed by atoms with Gasteiger partial charge < -0.3 is 10.2 Å². The molecule has 0 aliphatic heterocycles. The Hall–Kier alpha value is -0.860. The number of nitrogens with zero attached hydrogens (tertiary/aromatic N) is 1. The fourth-order valence-electron chi connectivity index (χ4n) is 1.77. The van der Waals surface area contributed by atoms with Gasteiger partial charge in [0.1, 0.15) is 0 Å². The Bertz CT molecular complexity index is 272. The van der Waals surface area contributed by atoms with E-state index in [-0.39, 0.29) is 0 Å². The molecule has 0 aliphatic carbocycles. The topological polar surface area (TPSA) is 15.3 Å². The summed E-state index contributed by atoms with van der Waals surface area (Å²) in [6.45, 7) is 6.76. The summed E-state index contributed by atoms with van der Waals surface area (Å²) in [4.78, 5) is 2.39. The lowest BCUT2D eigenvalue weighted by atomic mass is 10.1. The summed E-state index contributed by atoms with van der Waals surface area (Å²) in [6.07, 6.45) is 3.71. The number of likely N-dealkylation sites (N-methyl/N-ethyl adjacent to an activating group) is 1. The first-order valence-corrected chi connectivity index (χ1v) is 6.76. The molecule has 0 aliphatic rings. The second-order valence-electron chi connectivity index (χ2n) is 4.64. The molecule has 2 heteroatoms. The predicted octanol–water partition coefficient (Wildman–Crippen LogP) is 2.55. The molecule has 0 saturated carbocycles. The average molecular weight is 234 g/mol. The normalized spacial score (nSPS) is 11.0. The maximum Gasteiger partial charge on any atom is 0.0104 e. The minimum atomic E-state index is 1.10. The second-order valence-corrected chi connectivity index (χ2v) is 4.64. The first-order valence-electron chi connectivity index (χ1n) is 6.76. The first kappa shape index (κ1) is 14.2. The molecule has 0 saturated heterocycles. The molecule has 0 fully saturated rings. The molecule has 0 unspecified atom stereocenters. The van der Waals surface area contributed by atoms with Gasteiger partial charge in [-0.2, -0.15) is 0 Å². The summed E-state index contributed by atoms with van der Waals surface area (Å²) in [5.74, 6) is 0. The van der Waals surface area contributed by atoms with Crippen molar-refractivity contribution >= 4 is 0 Å². The Morgan fingerprint density at radius 1 is 1.06 bits per heavy atom. The van der Waals surface area contributed by atoms with Crippen LogP contribution >= 0.6 is 0 Å². The lowest BCUT2D eigenvalue weighted by Gasteiger charge is -2.16. The van der Waals surface area contributed by atoms with Crippen LogP contribution in [0.1, 0.15) is 25.3 Å². The van der Waals surface area contributed by atoms with Crippen LogP contribution < -0.4 is 5.32 Å². The van der Waals surface area contributed by atoms with Crippen LogP contribution in [-0.2, 0) is 6.42 Å². The summed E-state index contributed by atoms with van der Waals surface area (Å²) in [7, 11) is 2.20. The highest BCUT2D eigenvalue weighted by Gasteiger charge is 1.98. The summed E-state index contributed by atoms with van der Waals surface area (Å²) < 4.78 is 0. The third-order valence-corrected chi connectivity index (χ3v) is 3.00. The summed E-state index contributed by atoms with van der Waals surface area (Å²) in [5, 5.41) is 3.47. The predicted molar refractivity (Wildman–Crippen MR) is 75.4 cm³/mol. The molecular weight excluding hydrogens is 208 g/mol. The van der Waals surface area contributed by atoms with Crippen molar-refractivity contribution in [3.63, 3.8) is 0 Å². The van der Waals surface area contributed by atoms with Crippen molar-refractivity contribution in [1.29, 1.82) is 0 Å². The number of hydrogen-bond acceptors (Lipinski definition) is 2. The summed E-state index contributed by atoms with van der Waals surface area (Å²) in [5.41, 5.74) is 1.43. The Balaban J connectivity index is 2.03. The molecule has 1 rings (SSSR count). The zero-order valence-corrected chi connectivity index (χ0v) is 11.3. The zero-order valence-electron chi connectivity index (χ0n) is 11.3. The number of benzene rings is 1. The van der Waals surface area contributed by atoms with Crippen molar-refractivity contribution in [2.45, 2.75) is 26.2 Å². The highest BCUT2D eigenvalue weighted by atomic mass is 15.1. The Kier molecular flexibility index (Phi) is 7.69. The fraction of sp³-hybridized carbons (Fsp3) is 0.600. The molecule has 1 N–H and O–H groups in total. The van der Waals surface area contributed by atoms with E-state index in [0.29, 0.717) is 0 Å². The van der Waals surface area contributed by atoms with Crippen molar-refractivity contribution in [3.8, 4) is 0 Å². The lowest BCUT2D eigenvalue weighted by Crippen LogP contribution is -2.31. The van der Waals surface area contributed by atoms with Crippen LogP contribution in [0.2, 0.25) is 0 Å². The molecule has 2 nitrogen and oxygen atoms in total. The standard InChI is InChI=1S/C15H26N2/c1-3-4-11-16-12-14-17(2)13-10-15-8-6-5-7-9-15/h5-9,16H,3-4,10-14H2,1-2H3. The van der Waals surface area contributed by atoms with Crippen LogP contribution in [0.15, 0.2) is 30.3 Å². The largest absolute Gasteiger partial charge is 0.315 e. The SMILES string of the molecule is CCCCNCCN(C)CCc1ccccc1. The second kappa shape index (κ2) is 9.20. The maximum atomic E-state index is 3.47. The number of unbranched alkanes of at least 4 members (excludes halogenated alkanes) is 1. The van der Waals surface area contributed by atoms with Crippen LogP contribution in [0, 0.1) is 0 Å². The van der Waals surface area contributed by atoms with Crippen molar-refractivity contribution in [3.05, 3.63) is 35.9 Å². The van der Waals surface area contributed by atoms with Crippen molar-refractivity contribution in [1.82, 2.24) is 10.2 Å². The Morgan fingerprint density at radius 2 is 1.82 bits per heavy atom. The Labute approximate surface area is 106 Å². The monoisotopic (exact) mass is 234 g/mol. The summed E-state index contributed by atoms with van der Waals surface area (Å²) in [6, 6.07) is 10.7. The molecule has 0 aromatic heterocycles. The molecule has 0 bridgehead atoms. The maximum absolute atomic E-state index is 3.47. The van der Waals surface area contributed by atoms with Crippen molar-refractivity contribution < 1.29 is 0 Å². The van der Waals surface area contributed by atoms with Crippen LogP contribution in [0.4, 0.5) is 0 Å². The number of nitrogens with one attached hydrogen (secondary N) is 1. The van der Waals surface area contributed by atoms with Crippen LogP contribution in [-0.4, -0.2) is 38.1 Å². The van der Waals surface area contributed by atoms with Gasteiger partial charge in [-0.05, 0) is 32.0 Å². The van der Waals surface area contributed by atoms with E-state index in [4.69, 9.17) is 0 Å². The van der Waals surface area contributed by atoms with Gasteiger partial charge in [0.2, 0.25) is 0 Å². The molecule has 0 heterocycles. The minimum absolute atomic E-state index is 1.10. The molecule has 0 atom stereocenters. The van der Waals surface area contributed by atoms with Crippen molar-refractivity contribution in [2.75, 3.05) is 33.2 Å². The third kappa shape index (κ3) is 7.14. The van der Waals surface area contributed by atoms with Gasteiger partial charge >= 0.3 is 0 Å². The molecule has 1 aromatic carbocycles. The van der Waals surface area contributed by atoms with E-state index in [0.717, 1.165) is 32.6 Å². The van der Waals surface area contributed by atoms with Gasteiger partial charge in [0, 0.05) is 19.6 Å². The van der Waals surface area contributed by atoms with Crippen LogP contribution in [0.3, 0.4) is 0 Å². The Morgan fingerprint density at radius 3 is 2.53 bits per heavy atom. The van der Waals surface area contributed by atoms with E-state index >= 15 is 0 Å². The third-order valence-electron chi connectivity index (χ3n) is 3.00. The molecule has 96 valence electrons. The molecule has 1 aromatic rings. The molecule has 0 amide bonds. The van der Waals surface area contributed by atoms with Gasteiger partial charge in [0.05, 0.1) is 0 Å². The van der Waals surface area contributed by atoms with E-state index in [1.165, 1.54) is 18.4 Å². The van der Waals surface area contributed by atoms with E-state index < -0.39 is 0 Å². The van der Waals surface area contributed by atoms with E-state index in [1.807, 2.05) is 0 Å². The highest BCUT2D eigenvalue weighted by Crippen LogP contribution is 2.00. The van der Waals surface area contributed by atoms with Gasteiger partial charge in [0.25, 0.3) is 0 Å². The zero-order chi connectivity index (χ0) is 12.3. The minimum Gasteiger partial charge on any atom is -0.315 e. The van der Waals surface area contributed by atoms with Crippen LogP contribution in [0.25, 0.3) is 0 Å². The van der Waals surface area contributed by atoms with Gasteiger partial charge in [-0.3, -0.25) is 0 Å². The molecule has 17 heavy (non-hydrogen) atoms. The molecular formula is C15H26N2. The van der Waals surface area contributed by atoms with Gasteiger partial charge in [-0.15, -0.1) is 0 Å². The van der Waals surface area contributed by atoms with E-state index in [1.54, 1.807) is 0 Å². The fourth-order valence-corrected chi connectivity index (χ4v) is 1.77. The molecule has 0 radical (unpaired) electrons. The van der Waals surface area contributed by atoms with E-state index in [9.17, 15) is 0 Å². The van der Waals surface area contributed by atoms with Crippen LogP contribution in [0.5, 0.6) is 0 Å². The van der Waals surface area contributed by atoms with E-state index in [2.05, 4.69) is 54.5 Å². The summed E-state index contributed by atoms with van der Waals surface area (Å²) >= 11 is 0. The van der Waals surface area contributed by atoms with Gasteiger partial charge in [0.15, 0.2) is 0 Å². The van der Waals surface area contributed by atoms with Crippen molar-refractivity contribution in [2.24, 2.45) is 0 Å².